The topological polar surface area (TPSA) is 38.8 Å². The molecule has 1 aliphatic heterocycles. The molecule has 0 saturated carbocycles. The predicted molar refractivity (Wildman–Crippen MR) is 120 cm³/mol. The van der Waals surface area contributed by atoms with E-state index in [2.05, 4.69) is 20.4 Å². The van der Waals surface area contributed by atoms with Gasteiger partial charge in [0.25, 0.3) is 5.91 Å². The second kappa shape index (κ2) is 9.19. The largest absolute Gasteiger partial charge is 0.490 e. The number of anilines is 1. The Kier molecular flexibility index (Phi) is 6.65. The Hall–Kier alpha value is -2.72. The quantitative estimate of drug-likeness (QED) is 0.404. The second-order valence-corrected chi connectivity index (χ2v) is 7.65. The summed E-state index contributed by atoms with van der Waals surface area (Å²) in [5, 5.41) is 0.433. The maximum Gasteiger partial charge on any atom is 0.259 e. The molecule has 0 saturated heterocycles. The molecule has 0 aliphatic carbocycles. The highest BCUT2D eigenvalue weighted by Gasteiger charge is 2.32. The third kappa shape index (κ3) is 4.48. The number of benzene rings is 2. The SMILES string of the molecule is C=CCOc1c(Cl)cc(/C=C2\C(=O)N(CC(C)C)c3ccccc32)cc1OCC. The second-order valence-electron chi connectivity index (χ2n) is 7.25. The molecule has 0 spiro atoms. The summed E-state index contributed by atoms with van der Waals surface area (Å²) in [6, 6.07) is 11.5. The van der Waals surface area contributed by atoms with Crippen LogP contribution in [0.1, 0.15) is 31.9 Å². The van der Waals surface area contributed by atoms with Crippen molar-refractivity contribution >= 4 is 34.8 Å². The molecule has 0 fully saturated rings. The molecule has 2 aromatic rings. The van der Waals surface area contributed by atoms with Gasteiger partial charge in [-0.3, -0.25) is 4.79 Å². The first-order valence-electron chi connectivity index (χ1n) is 9.79. The number of carbonyl (C=O) groups is 1. The lowest BCUT2D eigenvalue weighted by molar-refractivity contribution is -0.113. The first kappa shape index (κ1) is 21.0. The van der Waals surface area contributed by atoms with E-state index in [0.717, 1.165) is 16.8 Å². The van der Waals surface area contributed by atoms with Gasteiger partial charge in [-0.1, -0.05) is 56.3 Å². The summed E-state index contributed by atoms with van der Waals surface area (Å²) < 4.78 is 11.4. The maximum atomic E-state index is 13.2. The van der Waals surface area contributed by atoms with Gasteiger partial charge >= 0.3 is 0 Å². The van der Waals surface area contributed by atoms with Crippen LogP contribution in [0.2, 0.25) is 5.02 Å². The molecule has 152 valence electrons. The van der Waals surface area contributed by atoms with Crippen LogP contribution in [-0.4, -0.2) is 25.7 Å². The highest BCUT2D eigenvalue weighted by molar-refractivity contribution is 6.36. The van der Waals surface area contributed by atoms with Crippen LogP contribution in [0.4, 0.5) is 5.69 Å². The number of hydrogen-bond acceptors (Lipinski definition) is 3. The van der Waals surface area contributed by atoms with Crippen molar-refractivity contribution in [1.29, 1.82) is 0 Å². The normalized spacial score (nSPS) is 14.4. The molecular formula is C24H26ClNO3. The molecule has 0 aromatic heterocycles. The molecule has 5 heteroatoms. The molecule has 1 amide bonds. The lowest BCUT2D eigenvalue weighted by Gasteiger charge is -2.19. The lowest BCUT2D eigenvalue weighted by atomic mass is 10.0. The Labute approximate surface area is 177 Å². The third-order valence-corrected chi connectivity index (χ3v) is 4.78. The Balaban J connectivity index is 2.05. The van der Waals surface area contributed by atoms with Gasteiger partial charge in [0.2, 0.25) is 0 Å². The first-order valence-corrected chi connectivity index (χ1v) is 10.2. The van der Waals surface area contributed by atoms with Crippen LogP contribution in [0.15, 0.2) is 49.1 Å². The number of hydrogen-bond donors (Lipinski definition) is 0. The Morgan fingerprint density at radius 1 is 1.21 bits per heavy atom. The average molecular weight is 412 g/mol. The van der Waals surface area contributed by atoms with Crippen molar-refractivity contribution in [3.8, 4) is 11.5 Å². The molecule has 0 N–H and O–H groups in total. The van der Waals surface area contributed by atoms with E-state index < -0.39 is 0 Å². The van der Waals surface area contributed by atoms with Crippen LogP contribution >= 0.6 is 11.6 Å². The summed E-state index contributed by atoms with van der Waals surface area (Å²) in [4.78, 5) is 15.0. The fourth-order valence-corrected chi connectivity index (χ4v) is 3.65. The van der Waals surface area contributed by atoms with Crippen molar-refractivity contribution in [2.75, 3.05) is 24.7 Å². The van der Waals surface area contributed by atoms with Crippen molar-refractivity contribution in [3.05, 3.63) is 65.2 Å². The molecule has 29 heavy (non-hydrogen) atoms. The summed E-state index contributed by atoms with van der Waals surface area (Å²) >= 11 is 6.46. The van der Waals surface area contributed by atoms with E-state index in [1.165, 1.54) is 0 Å². The number of para-hydroxylation sites is 1. The van der Waals surface area contributed by atoms with Crippen LogP contribution in [0, 0.1) is 5.92 Å². The number of nitrogens with zero attached hydrogens (tertiary/aromatic N) is 1. The van der Waals surface area contributed by atoms with Gasteiger partial charge in [-0.05, 0) is 42.7 Å². The third-order valence-electron chi connectivity index (χ3n) is 4.50. The Bertz CT molecular complexity index is 949. The number of rotatable bonds is 8. The maximum absolute atomic E-state index is 13.2. The van der Waals surface area contributed by atoms with E-state index in [9.17, 15) is 4.79 Å². The summed E-state index contributed by atoms with van der Waals surface area (Å²) in [7, 11) is 0. The molecule has 2 aromatic carbocycles. The monoisotopic (exact) mass is 411 g/mol. The zero-order valence-electron chi connectivity index (χ0n) is 17.1. The van der Waals surface area contributed by atoms with Gasteiger partial charge in [-0.15, -0.1) is 0 Å². The van der Waals surface area contributed by atoms with Gasteiger partial charge in [0.1, 0.15) is 6.61 Å². The molecule has 0 atom stereocenters. The van der Waals surface area contributed by atoms with E-state index in [1.54, 1.807) is 12.1 Å². The highest BCUT2D eigenvalue weighted by atomic mass is 35.5. The number of halogens is 1. The highest BCUT2D eigenvalue weighted by Crippen LogP contribution is 2.41. The van der Waals surface area contributed by atoms with E-state index in [1.807, 2.05) is 48.2 Å². The van der Waals surface area contributed by atoms with E-state index >= 15 is 0 Å². The summed E-state index contributed by atoms with van der Waals surface area (Å²) in [6.45, 7) is 11.3. The lowest BCUT2D eigenvalue weighted by Crippen LogP contribution is -2.30. The minimum atomic E-state index is 0.000895. The number of amides is 1. The van der Waals surface area contributed by atoms with Crippen LogP contribution in [0.3, 0.4) is 0 Å². The fourth-order valence-electron chi connectivity index (χ4n) is 3.38. The molecule has 4 nitrogen and oxygen atoms in total. The molecule has 0 bridgehead atoms. The van der Waals surface area contributed by atoms with Gasteiger partial charge in [0.15, 0.2) is 11.5 Å². The molecule has 0 unspecified atom stereocenters. The van der Waals surface area contributed by atoms with Crippen LogP contribution in [-0.2, 0) is 4.79 Å². The summed E-state index contributed by atoms with van der Waals surface area (Å²) in [6.07, 6.45) is 3.52. The Morgan fingerprint density at radius 2 is 1.97 bits per heavy atom. The fraction of sp³-hybridized carbons (Fsp3) is 0.292. The molecule has 0 radical (unpaired) electrons. The number of ether oxygens (including phenoxy) is 2. The minimum Gasteiger partial charge on any atom is -0.490 e. The van der Waals surface area contributed by atoms with Crippen molar-refractivity contribution in [2.45, 2.75) is 20.8 Å². The van der Waals surface area contributed by atoms with E-state index in [0.29, 0.717) is 47.8 Å². The van der Waals surface area contributed by atoms with Gasteiger partial charge in [-0.25, -0.2) is 0 Å². The van der Waals surface area contributed by atoms with Crippen LogP contribution < -0.4 is 14.4 Å². The van der Waals surface area contributed by atoms with Gasteiger partial charge < -0.3 is 14.4 Å². The van der Waals surface area contributed by atoms with Crippen molar-refractivity contribution in [1.82, 2.24) is 0 Å². The van der Waals surface area contributed by atoms with E-state index in [-0.39, 0.29) is 5.91 Å². The van der Waals surface area contributed by atoms with Crippen LogP contribution in [0.5, 0.6) is 11.5 Å². The van der Waals surface area contributed by atoms with Gasteiger partial charge in [-0.2, -0.15) is 0 Å². The predicted octanol–water partition coefficient (Wildman–Crippen LogP) is 5.85. The standard InChI is InChI=1S/C24H26ClNO3/c1-5-11-29-23-20(25)13-17(14-22(23)28-6-2)12-19-18-9-7-8-10-21(18)26(24(19)27)15-16(3)4/h5,7-10,12-14,16H,1,6,11,15H2,2-4H3/b19-12-. The van der Waals surface area contributed by atoms with Crippen molar-refractivity contribution < 1.29 is 14.3 Å². The molecule has 3 rings (SSSR count). The molecule has 1 aliphatic rings. The minimum absolute atomic E-state index is 0.000895. The number of carbonyl (C=O) groups excluding carboxylic acids is 1. The number of fused-ring (bicyclic) bond motifs is 1. The zero-order valence-corrected chi connectivity index (χ0v) is 17.8. The summed E-state index contributed by atoms with van der Waals surface area (Å²) in [5.74, 6) is 1.40. The van der Waals surface area contributed by atoms with Crippen molar-refractivity contribution in [2.24, 2.45) is 5.92 Å². The average Bonchev–Trinajstić information content (AvgIpc) is 2.93. The zero-order chi connectivity index (χ0) is 21.0. The van der Waals surface area contributed by atoms with Gasteiger partial charge in [0.05, 0.1) is 17.3 Å². The van der Waals surface area contributed by atoms with Crippen LogP contribution in [0.25, 0.3) is 11.6 Å². The van der Waals surface area contributed by atoms with Crippen molar-refractivity contribution in [3.63, 3.8) is 0 Å². The smallest absolute Gasteiger partial charge is 0.259 e. The summed E-state index contributed by atoms with van der Waals surface area (Å²) in [5.41, 5.74) is 3.31. The molecular weight excluding hydrogens is 386 g/mol. The van der Waals surface area contributed by atoms with Gasteiger partial charge in [0, 0.05) is 17.7 Å². The molecule has 1 heterocycles. The first-order chi connectivity index (χ1) is 14.0. The Morgan fingerprint density at radius 3 is 2.66 bits per heavy atom. The van der Waals surface area contributed by atoms with E-state index in [4.69, 9.17) is 21.1 Å².